The Balaban J connectivity index is 2.49. The molecule has 3 aromatic heterocycles. The number of nitrogens with zero attached hydrogens (tertiary/aromatic N) is 6. The van der Waals surface area contributed by atoms with E-state index in [4.69, 9.17) is 0 Å². The van der Waals surface area contributed by atoms with Crippen molar-refractivity contribution < 1.29 is 9.59 Å². The van der Waals surface area contributed by atoms with Gasteiger partial charge in [-0.2, -0.15) is 0 Å². The summed E-state index contributed by atoms with van der Waals surface area (Å²) in [6.45, 7) is 4.54. The molecule has 0 atom stereocenters. The van der Waals surface area contributed by atoms with Gasteiger partial charge in [-0.05, 0) is 13.2 Å². The van der Waals surface area contributed by atoms with Gasteiger partial charge in [0.2, 0.25) is 11.8 Å². The number of hydrogen-bond acceptors (Lipinski definition) is 7. The Morgan fingerprint density at radius 2 is 1.83 bits per heavy atom. The molecule has 3 heterocycles. The number of rotatable bonds is 2. The minimum atomic E-state index is -0.410. The van der Waals surface area contributed by atoms with Crippen molar-refractivity contribution >= 4 is 51.6 Å². The smallest absolute Gasteiger partial charge is 0.231 e. The van der Waals surface area contributed by atoms with Crippen LogP contribution in [-0.4, -0.2) is 42.6 Å². The number of thioether (sulfide) groups is 1. The summed E-state index contributed by atoms with van der Waals surface area (Å²) in [6.07, 6.45) is 3.21. The molecule has 0 unspecified atom stereocenters. The topological polar surface area (TPSA) is 93.9 Å². The number of carbonyl (C=O) groups is 2. The molecule has 0 radical (unpaired) electrons. The predicted octanol–water partition coefficient (Wildman–Crippen LogP) is 1.84. The largest absolute Gasteiger partial charge is 0.316 e. The van der Waals surface area contributed by atoms with E-state index in [9.17, 15) is 9.59 Å². The fourth-order valence-corrected chi connectivity index (χ4v) is 3.36. The second-order valence-electron chi connectivity index (χ2n) is 5.30. The van der Waals surface area contributed by atoms with Gasteiger partial charge in [-0.1, -0.05) is 0 Å². The van der Waals surface area contributed by atoms with Crippen molar-refractivity contribution in [2.45, 2.75) is 25.7 Å². The number of hydrogen-bond donors (Lipinski definition) is 0. The van der Waals surface area contributed by atoms with Crippen LogP contribution in [0.1, 0.15) is 19.7 Å². The maximum Gasteiger partial charge on any atom is 0.231 e. The molecule has 0 aliphatic carbocycles. The van der Waals surface area contributed by atoms with Gasteiger partial charge in [0.25, 0.3) is 0 Å². The molecular weight excluding hydrogens is 328 g/mol. The van der Waals surface area contributed by atoms with E-state index in [0.717, 1.165) is 15.6 Å². The quantitative estimate of drug-likeness (QED) is 0.655. The number of amides is 2. The number of imide groups is 1. The standard InChI is InChI=1S/C15H16N6O2S/c1-7-18-11-12(24-5)10-13(19-15(11)20(7)4)16-6-17-14(10)21(8(2)22)9(3)23/h6H,1-5H3. The fraction of sp³-hybridized carbons (Fsp3) is 0.333. The molecule has 0 aliphatic rings. The maximum atomic E-state index is 11.9. The van der Waals surface area contributed by atoms with E-state index in [1.807, 2.05) is 24.8 Å². The van der Waals surface area contributed by atoms with Crippen molar-refractivity contribution in [3.05, 3.63) is 12.2 Å². The van der Waals surface area contributed by atoms with Gasteiger partial charge in [0.1, 0.15) is 17.7 Å². The summed E-state index contributed by atoms with van der Waals surface area (Å²) in [4.78, 5) is 43.2. The molecule has 8 nitrogen and oxygen atoms in total. The second-order valence-corrected chi connectivity index (χ2v) is 6.12. The van der Waals surface area contributed by atoms with Crippen LogP contribution in [0.2, 0.25) is 0 Å². The van der Waals surface area contributed by atoms with Crippen molar-refractivity contribution in [3.8, 4) is 0 Å². The SMILES string of the molecule is CSc1c2nc(C)n(C)c2nc2ncnc(N(C(C)=O)C(C)=O)c12. The van der Waals surface area contributed by atoms with E-state index >= 15 is 0 Å². The third-order valence-corrected chi connectivity index (χ3v) is 4.60. The summed E-state index contributed by atoms with van der Waals surface area (Å²) in [7, 11) is 1.88. The highest BCUT2D eigenvalue weighted by molar-refractivity contribution is 7.99. The van der Waals surface area contributed by atoms with Crippen LogP contribution in [-0.2, 0) is 16.6 Å². The highest BCUT2D eigenvalue weighted by Gasteiger charge is 2.25. The van der Waals surface area contributed by atoms with E-state index in [1.165, 1.54) is 31.9 Å². The summed E-state index contributed by atoms with van der Waals surface area (Å²) in [5, 5.41) is 0.556. The van der Waals surface area contributed by atoms with Crippen molar-refractivity contribution in [2.75, 3.05) is 11.2 Å². The molecule has 0 fully saturated rings. The second kappa shape index (κ2) is 5.82. The van der Waals surface area contributed by atoms with Crippen molar-refractivity contribution in [2.24, 2.45) is 7.05 Å². The van der Waals surface area contributed by atoms with Crippen molar-refractivity contribution in [1.29, 1.82) is 0 Å². The number of aromatic nitrogens is 5. The van der Waals surface area contributed by atoms with Gasteiger partial charge in [0.05, 0.1) is 10.3 Å². The van der Waals surface area contributed by atoms with Crippen molar-refractivity contribution in [3.63, 3.8) is 0 Å². The first-order valence-corrected chi connectivity index (χ1v) is 8.42. The molecule has 0 N–H and O–H groups in total. The molecule has 0 aliphatic heterocycles. The fourth-order valence-electron chi connectivity index (χ4n) is 2.64. The summed E-state index contributed by atoms with van der Waals surface area (Å²) in [5.74, 6) is 0.230. The molecule has 24 heavy (non-hydrogen) atoms. The van der Waals surface area contributed by atoms with Crippen LogP contribution >= 0.6 is 11.8 Å². The Morgan fingerprint density at radius 1 is 1.17 bits per heavy atom. The van der Waals surface area contributed by atoms with Gasteiger partial charge in [-0.25, -0.2) is 24.8 Å². The van der Waals surface area contributed by atoms with Gasteiger partial charge in [-0.15, -0.1) is 11.8 Å². The molecule has 9 heteroatoms. The number of carbonyl (C=O) groups excluding carboxylic acids is 2. The lowest BCUT2D eigenvalue weighted by molar-refractivity contribution is -0.124. The molecule has 0 saturated heterocycles. The Kier molecular flexibility index (Phi) is 3.96. The van der Waals surface area contributed by atoms with E-state index in [1.54, 1.807) is 0 Å². The molecule has 0 spiro atoms. The average Bonchev–Trinajstić information content (AvgIpc) is 2.80. The van der Waals surface area contributed by atoms with Crippen LogP contribution < -0.4 is 4.90 Å². The Hall–Kier alpha value is -2.55. The van der Waals surface area contributed by atoms with Gasteiger partial charge in [-0.3, -0.25) is 9.59 Å². The highest BCUT2D eigenvalue weighted by Crippen LogP contribution is 2.36. The third-order valence-electron chi connectivity index (χ3n) is 3.80. The minimum absolute atomic E-state index is 0.238. The van der Waals surface area contributed by atoms with Crippen LogP contribution in [0.25, 0.3) is 22.2 Å². The summed E-state index contributed by atoms with van der Waals surface area (Å²) in [5.41, 5.74) is 1.83. The molecule has 2 amide bonds. The molecular formula is C15H16N6O2S. The van der Waals surface area contributed by atoms with Crippen LogP contribution in [0.5, 0.6) is 0 Å². The van der Waals surface area contributed by atoms with E-state index in [0.29, 0.717) is 22.2 Å². The third kappa shape index (κ3) is 2.32. The molecule has 124 valence electrons. The van der Waals surface area contributed by atoms with Gasteiger partial charge in [0.15, 0.2) is 17.1 Å². The normalized spacial score (nSPS) is 11.2. The molecule has 0 saturated carbocycles. The lowest BCUT2D eigenvalue weighted by atomic mass is 10.2. The van der Waals surface area contributed by atoms with Crippen LogP contribution in [0, 0.1) is 6.92 Å². The first-order valence-electron chi connectivity index (χ1n) is 7.19. The van der Waals surface area contributed by atoms with Gasteiger partial charge in [0, 0.05) is 20.9 Å². The van der Waals surface area contributed by atoms with Crippen molar-refractivity contribution in [1.82, 2.24) is 24.5 Å². The minimum Gasteiger partial charge on any atom is -0.316 e. The number of anilines is 1. The number of aryl methyl sites for hydroxylation is 2. The lowest BCUT2D eigenvalue weighted by Crippen LogP contribution is -2.34. The molecule has 3 rings (SSSR count). The predicted molar refractivity (Wildman–Crippen MR) is 92.0 cm³/mol. The molecule has 0 bridgehead atoms. The Bertz CT molecular complexity index is 983. The average molecular weight is 344 g/mol. The maximum absolute atomic E-state index is 11.9. The molecule has 0 aromatic carbocycles. The summed E-state index contributed by atoms with van der Waals surface area (Å²) >= 11 is 1.46. The van der Waals surface area contributed by atoms with E-state index in [2.05, 4.69) is 19.9 Å². The monoisotopic (exact) mass is 344 g/mol. The van der Waals surface area contributed by atoms with Crippen LogP contribution in [0.15, 0.2) is 11.2 Å². The first kappa shape index (κ1) is 16.3. The first-order chi connectivity index (χ1) is 11.4. The summed E-state index contributed by atoms with van der Waals surface area (Å²) < 4.78 is 1.88. The van der Waals surface area contributed by atoms with E-state index < -0.39 is 11.8 Å². The highest BCUT2D eigenvalue weighted by atomic mass is 32.2. The van der Waals surface area contributed by atoms with Gasteiger partial charge < -0.3 is 4.57 Å². The van der Waals surface area contributed by atoms with E-state index in [-0.39, 0.29) is 5.82 Å². The van der Waals surface area contributed by atoms with Crippen LogP contribution in [0.4, 0.5) is 5.82 Å². The number of fused-ring (bicyclic) bond motifs is 2. The zero-order chi connectivity index (χ0) is 17.6. The molecule has 3 aromatic rings. The van der Waals surface area contributed by atoms with Crippen LogP contribution in [0.3, 0.4) is 0 Å². The Labute approximate surface area is 142 Å². The summed E-state index contributed by atoms with van der Waals surface area (Å²) in [6, 6.07) is 0. The lowest BCUT2D eigenvalue weighted by Gasteiger charge is -2.18. The zero-order valence-corrected chi connectivity index (χ0v) is 14.8. The number of pyridine rings is 1. The van der Waals surface area contributed by atoms with Gasteiger partial charge >= 0.3 is 0 Å². The zero-order valence-electron chi connectivity index (χ0n) is 14.0. The number of imidazole rings is 1. The Morgan fingerprint density at radius 3 is 2.42 bits per heavy atom.